The zero-order valence-electron chi connectivity index (χ0n) is 14.5. The number of morpholine rings is 1. The highest BCUT2D eigenvalue weighted by Crippen LogP contribution is 2.15. The molecule has 0 radical (unpaired) electrons. The van der Waals surface area contributed by atoms with Crippen LogP contribution in [0.15, 0.2) is 59.4 Å². The van der Waals surface area contributed by atoms with E-state index in [1.165, 1.54) is 5.56 Å². The van der Waals surface area contributed by atoms with Crippen molar-refractivity contribution in [2.45, 2.75) is 19.2 Å². The van der Waals surface area contributed by atoms with E-state index in [4.69, 9.17) is 4.74 Å². The van der Waals surface area contributed by atoms with Gasteiger partial charge in [-0.2, -0.15) is 0 Å². The first kappa shape index (κ1) is 16.1. The zero-order valence-corrected chi connectivity index (χ0v) is 14.5. The van der Waals surface area contributed by atoms with Crippen molar-refractivity contribution in [2.75, 3.05) is 19.7 Å². The van der Waals surface area contributed by atoms with Gasteiger partial charge in [0.1, 0.15) is 0 Å². The highest BCUT2D eigenvalue weighted by Gasteiger charge is 2.23. The Kier molecular flexibility index (Phi) is 4.42. The van der Waals surface area contributed by atoms with Gasteiger partial charge < -0.3 is 4.74 Å². The second-order valence-electron chi connectivity index (χ2n) is 6.65. The van der Waals surface area contributed by atoms with Crippen molar-refractivity contribution < 1.29 is 4.74 Å². The second-order valence-corrected chi connectivity index (χ2v) is 6.65. The Morgan fingerprint density at radius 2 is 1.76 bits per heavy atom. The lowest BCUT2D eigenvalue weighted by Crippen LogP contribution is -2.44. The van der Waals surface area contributed by atoms with Crippen molar-refractivity contribution in [3.8, 4) is 0 Å². The van der Waals surface area contributed by atoms with Crippen molar-refractivity contribution in [1.82, 2.24) is 14.0 Å². The molecule has 0 bridgehead atoms. The summed E-state index contributed by atoms with van der Waals surface area (Å²) in [5, 5.41) is 0. The molecule has 3 aromatic rings. The Balaban J connectivity index is 1.51. The lowest BCUT2D eigenvalue weighted by atomic mass is 10.2. The third kappa shape index (κ3) is 3.25. The molecule has 4 rings (SSSR count). The van der Waals surface area contributed by atoms with Crippen LogP contribution in [0.3, 0.4) is 0 Å². The summed E-state index contributed by atoms with van der Waals surface area (Å²) in [5.74, 6) is 0. The van der Waals surface area contributed by atoms with Crippen LogP contribution in [0.2, 0.25) is 0 Å². The Morgan fingerprint density at radius 3 is 2.56 bits per heavy atom. The molecule has 1 aliphatic heterocycles. The minimum absolute atomic E-state index is 0.0185. The van der Waals surface area contributed by atoms with Crippen molar-refractivity contribution in [1.29, 1.82) is 0 Å². The number of nitrogens with zero attached hydrogens (tertiary/aromatic N) is 3. The highest BCUT2D eigenvalue weighted by atomic mass is 16.5. The van der Waals surface area contributed by atoms with Gasteiger partial charge in [0.15, 0.2) is 0 Å². The molecule has 5 heteroatoms. The second kappa shape index (κ2) is 6.86. The first-order valence-corrected chi connectivity index (χ1v) is 8.74. The number of hydrogen-bond donors (Lipinski definition) is 0. The van der Waals surface area contributed by atoms with Crippen molar-refractivity contribution >= 4 is 11.0 Å². The maximum Gasteiger partial charge on any atom is 0.328 e. The first-order valence-electron chi connectivity index (χ1n) is 8.74. The van der Waals surface area contributed by atoms with Gasteiger partial charge in [0.2, 0.25) is 0 Å². The number of aromatic nitrogens is 2. The van der Waals surface area contributed by atoms with E-state index < -0.39 is 0 Å². The molecule has 1 atom stereocenters. The van der Waals surface area contributed by atoms with Gasteiger partial charge in [0.25, 0.3) is 0 Å². The molecule has 0 spiro atoms. The molecule has 0 amide bonds. The minimum atomic E-state index is 0.0185. The average molecular weight is 337 g/mol. The molecule has 25 heavy (non-hydrogen) atoms. The van der Waals surface area contributed by atoms with E-state index in [1.807, 2.05) is 41.9 Å². The van der Waals surface area contributed by atoms with E-state index in [9.17, 15) is 4.79 Å². The van der Waals surface area contributed by atoms with E-state index >= 15 is 0 Å². The molecule has 0 saturated carbocycles. The van der Waals surface area contributed by atoms with E-state index in [0.29, 0.717) is 13.2 Å². The number of benzene rings is 2. The smallest absolute Gasteiger partial charge is 0.328 e. The molecule has 2 aromatic carbocycles. The van der Waals surface area contributed by atoms with Gasteiger partial charge in [-0.05, 0) is 17.7 Å². The number of para-hydroxylation sites is 2. The molecule has 1 unspecified atom stereocenters. The molecule has 1 fully saturated rings. The molecule has 0 N–H and O–H groups in total. The molecule has 5 nitrogen and oxygen atoms in total. The Bertz CT molecular complexity index is 914. The van der Waals surface area contributed by atoms with Crippen LogP contribution in [0.1, 0.15) is 5.56 Å². The summed E-state index contributed by atoms with van der Waals surface area (Å²) in [5.41, 5.74) is 3.26. The maximum atomic E-state index is 12.6. The predicted octanol–water partition coefficient (Wildman–Crippen LogP) is 2.24. The lowest BCUT2D eigenvalue weighted by molar-refractivity contribution is -0.0387. The molecule has 1 aromatic heterocycles. The molecular formula is C20H23N3O2. The van der Waals surface area contributed by atoms with E-state index in [2.05, 4.69) is 29.2 Å². The van der Waals surface area contributed by atoms with Crippen molar-refractivity contribution in [3.05, 3.63) is 70.6 Å². The quantitative estimate of drug-likeness (QED) is 0.733. The predicted molar refractivity (Wildman–Crippen MR) is 98.6 cm³/mol. The summed E-state index contributed by atoms with van der Waals surface area (Å²) in [7, 11) is 1.82. The van der Waals surface area contributed by atoms with Gasteiger partial charge in [-0.3, -0.25) is 14.0 Å². The van der Waals surface area contributed by atoms with Crippen LogP contribution in [0.25, 0.3) is 11.0 Å². The number of ether oxygens (including phenoxy) is 1. The van der Waals surface area contributed by atoms with Gasteiger partial charge in [0, 0.05) is 26.7 Å². The van der Waals surface area contributed by atoms with E-state index in [-0.39, 0.29) is 11.8 Å². The summed E-state index contributed by atoms with van der Waals surface area (Å²) in [6, 6.07) is 18.4. The van der Waals surface area contributed by atoms with Crippen LogP contribution in [0.4, 0.5) is 0 Å². The van der Waals surface area contributed by atoms with Gasteiger partial charge in [0.05, 0.1) is 30.3 Å². The largest absolute Gasteiger partial charge is 0.374 e. The number of rotatable bonds is 4. The SMILES string of the molecule is Cn1c(=O)n(CC2CN(Cc3ccccc3)CCO2)c2ccccc21. The normalized spacial score (nSPS) is 18.7. The standard InChI is InChI=1S/C20H23N3O2/c1-21-18-9-5-6-10-19(18)23(20(21)24)15-17-14-22(11-12-25-17)13-16-7-3-2-4-8-16/h2-10,17H,11-15H2,1H3. The molecule has 1 aliphatic rings. The molecule has 2 heterocycles. The first-order chi connectivity index (χ1) is 12.2. The average Bonchev–Trinajstić information content (AvgIpc) is 2.88. The monoisotopic (exact) mass is 337 g/mol. The fourth-order valence-electron chi connectivity index (χ4n) is 3.62. The van der Waals surface area contributed by atoms with Crippen LogP contribution >= 0.6 is 0 Å². The van der Waals surface area contributed by atoms with Crippen molar-refractivity contribution in [3.63, 3.8) is 0 Å². The lowest BCUT2D eigenvalue weighted by Gasteiger charge is -2.33. The topological polar surface area (TPSA) is 39.4 Å². The Labute approximate surface area is 147 Å². The van der Waals surface area contributed by atoms with Crippen molar-refractivity contribution in [2.24, 2.45) is 7.05 Å². The number of hydrogen-bond acceptors (Lipinski definition) is 3. The van der Waals surface area contributed by atoms with Crippen LogP contribution in [-0.4, -0.2) is 39.8 Å². The van der Waals surface area contributed by atoms with E-state index in [1.54, 1.807) is 4.57 Å². The summed E-state index contributed by atoms with van der Waals surface area (Å²) in [6.07, 6.45) is 0.0287. The maximum absolute atomic E-state index is 12.6. The zero-order chi connectivity index (χ0) is 17.2. The highest BCUT2D eigenvalue weighted by molar-refractivity contribution is 5.75. The summed E-state index contributed by atoms with van der Waals surface area (Å²) in [4.78, 5) is 15.0. The van der Waals surface area contributed by atoms with Gasteiger partial charge in [-0.15, -0.1) is 0 Å². The molecule has 0 aliphatic carbocycles. The van der Waals surface area contributed by atoms with Gasteiger partial charge in [-0.25, -0.2) is 4.79 Å². The van der Waals surface area contributed by atoms with Crippen LogP contribution in [0.5, 0.6) is 0 Å². The number of imidazole rings is 1. The number of aryl methyl sites for hydroxylation is 1. The molecular weight excluding hydrogens is 314 g/mol. The third-order valence-electron chi connectivity index (χ3n) is 4.91. The fraction of sp³-hybridized carbons (Fsp3) is 0.350. The van der Waals surface area contributed by atoms with Gasteiger partial charge in [-0.1, -0.05) is 42.5 Å². The Hall–Kier alpha value is -2.37. The van der Waals surface area contributed by atoms with Crippen LogP contribution < -0.4 is 5.69 Å². The molecule has 130 valence electrons. The number of fused-ring (bicyclic) bond motifs is 1. The Morgan fingerprint density at radius 1 is 1.04 bits per heavy atom. The van der Waals surface area contributed by atoms with Crippen LogP contribution in [0, 0.1) is 0 Å². The third-order valence-corrected chi connectivity index (χ3v) is 4.91. The van der Waals surface area contributed by atoms with E-state index in [0.717, 1.165) is 30.7 Å². The minimum Gasteiger partial charge on any atom is -0.374 e. The van der Waals surface area contributed by atoms with Crippen LogP contribution in [-0.2, 0) is 24.9 Å². The fourth-order valence-corrected chi connectivity index (χ4v) is 3.62. The summed E-state index contributed by atoms with van der Waals surface area (Å²) in [6.45, 7) is 3.98. The molecule has 1 saturated heterocycles. The summed E-state index contributed by atoms with van der Waals surface area (Å²) >= 11 is 0. The summed E-state index contributed by atoms with van der Waals surface area (Å²) < 4.78 is 9.50. The van der Waals surface area contributed by atoms with Gasteiger partial charge >= 0.3 is 5.69 Å².